The number of thioether (sulfide) groups is 1. The van der Waals surface area contributed by atoms with Crippen molar-refractivity contribution in [1.82, 2.24) is 0 Å². The van der Waals surface area contributed by atoms with Gasteiger partial charge in [-0.15, -0.1) is 11.8 Å². The van der Waals surface area contributed by atoms with Gasteiger partial charge in [-0.2, -0.15) is 0 Å². The Hall–Kier alpha value is 0.780. The van der Waals surface area contributed by atoms with Gasteiger partial charge < -0.3 is 0 Å². The van der Waals surface area contributed by atoms with Crippen molar-refractivity contribution in [3.63, 3.8) is 0 Å². The van der Waals surface area contributed by atoms with Crippen molar-refractivity contribution in [3.05, 3.63) is 28.7 Å². The summed E-state index contributed by atoms with van der Waals surface area (Å²) in [5.74, 6) is 0. The summed E-state index contributed by atoms with van der Waals surface area (Å²) in [5.41, 5.74) is 0. The minimum Gasteiger partial charge on any atom is -0.118 e. The number of benzene rings is 1. The molecule has 0 bridgehead atoms. The van der Waals surface area contributed by atoms with E-state index >= 15 is 0 Å². The average molecular weight is 385 g/mol. The number of rotatable bonds is 3. The molecule has 3 heteroatoms. The molecule has 0 spiro atoms. The Morgan fingerprint density at radius 1 is 1.36 bits per heavy atom. The van der Waals surface area contributed by atoms with Crippen LogP contribution in [0.2, 0.25) is 0 Å². The third-order valence-corrected chi connectivity index (χ3v) is 6.56. The zero-order valence-electron chi connectivity index (χ0n) is 8.55. The van der Waals surface area contributed by atoms with E-state index in [9.17, 15) is 0 Å². The van der Waals surface area contributed by atoms with E-state index in [0.29, 0.717) is 3.92 Å². The number of hydrogen-bond donors (Lipinski definition) is 0. The van der Waals surface area contributed by atoms with Crippen molar-refractivity contribution in [3.8, 4) is 0 Å². The standard InChI is InChI=1S/C11H14BrIS/c1-8(13)11(2,3)14-10-7-5-4-6-9(10)12/h4-8H,1-3H3. The Kier molecular flexibility index (Phi) is 4.78. The maximum atomic E-state index is 3.57. The quantitative estimate of drug-likeness (QED) is 0.394. The van der Waals surface area contributed by atoms with Gasteiger partial charge in [0, 0.05) is 18.0 Å². The fourth-order valence-corrected chi connectivity index (χ4v) is 2.84. The predicted molar refractivity (Wildman–Crippen MR) is 77.6 cm³/mol. The fourth-order valence-electron chi connectivity index (χ4n) is 0.892. The second-order valence-corrected chi connectivity index (χ2v) is 8.17. The van der Waals surface area contributed by atoms with Gasteiger partial charge in [-0.1, -0.05) is 41.6 Å². The molecule has 0 fully saturated rings. The topological polar surface area (TPSA) is 0 Å². The van der Waals surface area contributed by atoms with Crippen molar-refractivity contribution in [2.24, 2.45) is 0 Å². The van der Waals surface area contributed by atoms with E-state index in [1.54, 1.807) is 0 Å². The highest BCUT2D eigenvalue weighted by atomic mass is 127. The fraction of sp³-hybridized carbons (Fsp3) is 0.455. The Balaban J connectivity index is 2.84. The first kappa shape index (κ1) is 12.8. The summed E-state index contributed by atoms with van der Waals surface area (Å²) >= 11 is 7.99. The Morgan fingerprint density at radius 3 is 2.43 bits per heavy atom. The lowest BCUT2D eigenvalue weighted by Gasteiger charge is -2.27. The van der Waals surface area contributed by atoms with Crippen LogP contribution in [0.5, 0.6) is 0 Å². The van der Waals surface area contributed by atoms with Crippen molar-refractivity contribution >= 4 is 50.3 Å². The highest BCUT2D eigenvalue weighted by molar-refractivity contribution is 14.1. The summed E-state index contributed by atoms with van der Waals surface area (Å²) in [6.45, 7) is 6.83. The Bertz CT molecular complexity index is 310. The van der Waals surface area contributed by atoms with Gasteiger partial charge in [-0.3, -0.25) is 0 Å². The summed E-state index contributed by atoms with van der Waals surface area (Å²) < 4.78 is 2.09. The molecular weight excluding hydrogens is 371 g/mol. The molecule has 0 saturated carbocycles. The smallest absolute Gasteiger partial charge is 0.0311 e. The van der Waals surface area contributed by atoms with E-state index in [1.165, 1.54) is 9.37 Å². The molecule has 0 aromatic heterocycles. The average Bonchev–Trinajstić information content (AvgIpc) is 2.08. The van der Waals surface area contributed by atoms with Crippen molar-refractivity contribution in [2.75, 3.05) is 0 Å². The van der Waals surface area contributed by atoms with Gasteiger partial charge in [-0.05, 0) is 41.9 Å². The van der Waals surface area contributed by atoms with Gasteiger partial charge in [0.05, 0.1) is 0 Å². The first-order valence-electron chi connectivity index (χ1n) is 4.51. The second kappa shape index (κ2) is 5.21. The van der Waals surface area contributed by atoms with Crippen LogP contribution >= 0.6 is 50.3 Å². The van der Waals surface area contributed by atoms with Crippen molar-refractivity contribution in [2.45, 2.75) is 34.3 Å². The predicted octanol–water partition coefficient (Wildman–Crippen LogP) is 5.14. The van der Waals surface area contributed by atoms with Gasteiger partial charge in [-0.25, -0.2) is 0 Å². The van der Waals surface area contributed by atoms with Crippen LogP contribution in [0, 0.1) is 0 Å². The Labute approximate surface area is 113 Å². The van der Waals surface area contributed by atoms with Crippen molar-refractivity contribution in [1.29, 1.82) is 0 Å². The molecule has 0 radical (unpaired) electrons. The molecule has 0 aliphatic heterocycles. The van der Waals surface area contributed by atoms with E-state index < -0.39 is 0 Å². The Morgan fingerprint density at radius 2 is 1.93 bits per heavy atom. The SMILES string of the molecule is CC(I)C(C)(C)Sc1ccccc1Br. The third-order valence-electron chi connectivity index (χ3n) is 2.17. The van der Waals surface area contributed by atoms with Crippen LogP contribution in [0.1, 0.15) is 20.8 Å². The largest absolute Gasteiger partial charge is 0.118 e. The van der Waals surface area contributed by atoms with E-state index in [-0.39, 0.29) is 4.75 Å². The molecular formula is C11H14BrIS. The van der Waals surface area contributed by atoms with Crippen LogP contribution in [-0.2, 0) is 0 Å². The lowest BCUT2D eigenvalue weighted by atomic mass is 10.1. The summed E-state index contributed by atoms with van der Waals surface area (Å²) in [6.07, 6.45) is 0. The van der Waals surface area contributed by atoms with E-state index in [1.807, 2.05) is 11.8 Å². The van der Waals surface area contributed by atoms with Gasteiger partial charge >= 0.3 is 0 Å². The van der Waals surface area contributed by atoms with Gasteiger partial charge in [0.1, 0.15) is 0 Å². The maximum absolute atomic E-state index is 3.57. The summed E-state index contributed by atoms with van der Waals surface area (Å²) in [4.78, 5) is 1.32. The lowest BCUT2D eigenvalue weighted by molar-refractivity contribution is 0.721. The molecule has 1 rings (SSSR count). The van der Waals surface area contributed by atoms with Crippen LogP contribution in [0.4, 0.5) is 0 Å². The minimum absolute atomic E-state index is 0.268. The zero-order valence-corrected chi connectivity index (χ0v) is 13.1. The van der Waals surface area contributed by atoms with E-state index in [2.05, 4.69) is 83.6 Å². The second-order valence-electron chi connectivity index (χ2n) is 3.75. The number of alkyl halides is 1. The molecule has 1 atom stereocenters. The van der Waals surface area contributed by atoms with Crippen LogP contribution in [0.3, 0.4) is 0 Å². The van der Waals surface area contributed by atoms with Crippen LogP contribution in [0.25, 0.3) is 0 Å². The van der Waals surface area contributed by atoms with Crippen LogP contribution < -0.4 is 0 Å². The minimum atomic E-state index is 0.268. The van der Waals surface area contributed by atoms with Crippen molar-refractivity contribution < 1.29 is 0 Å². The highest BCUT2D eigenvalue weighted by Crippen LogP contribution is 2.40. The molecule has 0 saturated heterocycles. The molecule has 0 amide bonds. The first-order valence-corrected chi connectivity index (χ1v) is 7.36. The molecule has 0 aliphatic rings. The number of hydrogen-bond acceptors (Lipinski definition) is 1. The summed E-state index contributed by atoms with van der Waals surface area (Å²) in [7, 11) is 0. The zero-order chi connectivity index (χ0) is 10.8. The van der Waals surface area contributed by atoms with Gasteiger partial charge in [0.15, 0.2) is 0 Å². The molecule has 0 heterocycles. The third kappa shape index (κ3) is 3.42. The highest BCUT2D eigenvalue weighted by Gasteiger charge is 2.25. The molecule has 1 aromatic rings. The van der Waals surface area contributed by atoms with E-state index in [0.717, 1.165) is 0 Å². The first-order chi connectivity index (χ1) is 6.43. The molecule has 0 N–H and O–H groups in total. The van der Waals surface area contributed by atoms with Gasteiger partial charge in [0.25, 0.3) is 0 Å². The molecule has 0 aliphatic carbocycles. The molecule has 78 valence electrons. The lowest BCUT2D eigenvalue weighted by Crippen LogP contribution is -2.24. The summed E-state index contributed by atoms with van der Waals surface area (Å²) in [6, 6.07) is 8.39. The normalized spacial score (nSPS) is 14.1. The van der Waals surface area contributed by atoms with Gasteiger partial charge in [0.2, 0.25) is 0 Å². The molecule has 0 nitrogen and oxygen atoms in total. The molecule has 1 aromatic carbocycles. The molecule has 1 unspecified atom stereocenters. The summed E-state index contributed by atoms with van der Waals surface area (Å²) in [5, 5.41) is 0. The van der Waals surface area contributed by atoms with E-state index in [4.69, 9.17) is 0 Å². The monoisotopic (exact) mass is 384 g/mol. The maximum Gasteiger partial charge on any atom is 0.0311 e. The van der Waals surface area contributed by atoms with Crippen LogP contribution in [0.15, 0.2) is 33.6 Å². The molecule has 14 heavy (non-hydrogen) atoms. The number of halogens is 2. The van der Waals surface area contributed by atoms with Crippen LogP contribution in [-0.4, -0.2) is 8.67 Å².